The van der Waals surface area contributed by atoms with Crippen molar-refractivity contribution in [3.63, 3.8) is 0 Å². The number of ether oxygens (including phenoxy) is 6. The molecule has 1 amide bonds. The Hall–Kier alpha value is -3.86. The third-order valence-corrected chi connectivity index (χ3v) is 16.9. The van der Waals surface area contributed by atoms with E-state index in [0.717, 1.165) is 37.7 Å². The maximum Gasteiger partial charge on any atom is 0.329 e. The van der Waals surface area contributed by atoms with Crippen molar-refractivity contribution in [3.05, 3.63) is 47.6 Å². The number of carbonyl (C=O) groups is 6. The number of nitrogens with zero attached hydrogens (tertiary/aromatic N) is 1. The van der Waals surface area contributed by atoms with Crippen molar-refractivity contribution in [2.24, 2.45) is 41.4 Å². The minimum Gasteiger partial charge on any atom is -0.460 e. The first-order valence-corrected chi connectivity index (χ1v) is 27.9. The SMILES string of the molecule is COC1CC2CCC(C)C(O)(O2)C(=O)C(=O)N2CCCCC2C(=O)OC(C(C)CC2CCC(OC(=O)CC3CCCCC3)C(OC)C2)CC(=O)C(C)/C=C(\C)C(O)C(OC)C(=O)C(C)CC(C)/C=C/C=C/C=C/1C. The van der Waals surface area contributed by atoms with Gasteiger partial charge in [0.1, 0.15) is 36.2 Å². The molecular formula is C59H91NO14. The van der Waals surface area contributed by atoms with Gasteiger partial charge in [0.2, 0.25) is 5.79 Å². The number of amides is 1. The van der Waals surface area contributed by atoms with E-state index in [0.29, 0.717) is 75.7 Å². The number of esters is 2. The molecule has 2 aliphatic carbocycles. The molecule has 0 radical (unpaired) electrons. The topological polar surface area (TPSA) is 201 Å². The fourth-order valence-corrected chi connectivity index (χ4v) is 12.1. The molecule has 416 valence electrons. The number of hydrogen-bond acceptors (Lipinski definition) is 14. The lowest BCUT2D eigenvalue weighted by Crippen LogP contribution is -2.61. The van der Waals surface area contributed by atoms with Crippen molar-refractivity contribution < 1.29 is 67.4 Å². The number of cyclic esters (lactones) is 1. The van der Waals surface area contributed by atoms with E-state index in [1.165, 1.54) is 18.4 Å². The summed E-state index contributed by atoms with van der Waals surface area (Å²) in [6.07, 6.45) is 17.3. The molecule has 0 aromatic rings. The van der Waals surface area contributed by atoms with E-state index in [2.05, 4.69) is 0 Å². The standard InChI is InChI=1S/C59H91NO14/c1-36-19-13-11-14-20-37(2)49(69-8)34-45-26-24-42(7)59(68,74-45)56(65)57(66)60-28-18-17-23-46(60)58(67)73-50(35-47(61)38(3)30-41(6)54(64)55(71-10)53(63)40(5)29-36)39(4)31-44-25-27-48(51(32-44)70-9)72-52(62)33-43-21-15-12-16-22-43/h11,13-14,19-20,30,36,38-40,42-46,48-51,54-55,64,68H,12,15-18,21-29,31-35H2,1-10H3/b14-11+,19-13+,37-20+,41-30+. The van der Waals surface area contributed by atoms with Crippen molar-refractivity contribution >= 4 is 35.2 Å². The molecule has 0 aromatic carbocycles. The van der Waals surface area contributed by atoms with Crippen molar-refractivity contribution in [1.82, 2.24) is 4.90 Å². The first-order chi connectivity index (χ1) is 35.2. The van der Waals surface area contributed by atoms with Crippen LogP contribution in [0.15, 0.2) is 47.6 Å². The highest BCUT2D eigenvalue weighted by Gasteiger charge is 2.53. The average molecular weight is 1040 g/mol. The molecule has 0 spiro atoms. The lowest BCUT2D eigenvalue weighted by Gasteiger charge is -2.42. The number of ketones is 3. The van der Waals surface area contributed by atoms with Crippen LogP contribution in [0.4, 0.5) is 0 Å². The second kappa shape index (κ2) is 29.0. The molecule has 15 heteroatoms. The maximum atomic E-state index is 14.6. The van der Waals surface area contributed by atoms with E-state index in [-0.39, 0.29) is 66.9 Å². The molecule has 2 saturated carbocycles. The van der Waals surface area contributed by atoms with Gasteiger partial charge in [0.05, 0.1) is 18.3 Å². The van der Waals surface area contributed by atoms with Crippen LogP contribution >= 0.6 is 0 Å². The molecule has 74 heavy (non-hydrogen) atoms. The molecule has 4 fully saturated rings. The Balaban J connectivity index is 1.42. The third kappa shape index (κ3) is 16.6. The van der Waals surface area contributed by atoms with E-state index in [9.17, 15) is 39.0 Å². The number of aliphatic hydroxyl groups excluding tert-OH is 1. The average Bonchev–Trinajstić information content (AvgIpc) is 3.38. The molecule has 3 aliphatic heterocycles. The fraction of sp³-hybridized carbons (Fsp3) is 0.763. The molecule has 15 atom stereocenters. The van der Waals surface area contributed by atoms with Gasteiger partial charge in [0, 0.05) is 64.9 Å². The lowest BCUT2D eigenvalue weighted by atomic mass is 9.78. The van der Waals surface area contributed by atoms with Crippen molar-refractivity contribution in [1.29, 1.82) is 0 Å². The maximum absolute atomic E-state index is 14.6. The fourth-order valence-electron chi connectivity index (χ4n) is 12.1. The van der Waals surface area contributed by atoms with Crippen molar-refractivity contribution in [2.45, 2.75) is 219 Å². The molecule has 15 nitrogen and oxygen atoms in total. The van der Waals surface area contributed by atoms with E-state index < -0.39 is 77.8 Å². The number of carbonyl (C=O) groups excluding carboxylic acids is 6. The summed E-state index contributed by atoms with van der Waals surface area (Å²) >= 11 is 0. The van der Waals surface area contributed by atoms with Gasteiger partial charge in [-0.1, -0.05) is 90.3 Å². The van der Waals surface area contributed by atoms with E-state index in [4.69, 9.17) is 28.4 Å². The number of fused-ring (bicyclic) bond motifs is 3. The summed E-state index contributed by atoms with van der Waals surface area (Å²) in [5.41, 5.74) is 1.26. The summed E-state index contributed by atoms with van der Waals surface area (Å²) in [7, 11) is 4.58. The van der Waals surface area contributed by atoms with Crippen LogP contribution in [-0.4, -0.2) is 133 Å². The van der Waals surface area contributed by atoms with Crippen LogP contribution in [0.25, 0.3) is 0 Å². The largest absolute Gasteiger partial charge is 0.460 e. The zero-order chi connectivity index (χ0) is 54.3. The highest BCUT2D eigenvalue weighted by Crippen LogP contribution is 2.39. The summed E-state index contributed by atoms with van der Waals surface area (Å²) in [5.74, 6) is -7.95. The number of piperidine rings is 1. The Morgan fingerprint density at radius 1 is 0.797 bits per heavy atom. The van der Waals surface area contributed by atoms with Gasteiger partial charge < -0.3 is 43.5 Å². The van der Waals surface area contributed by atoms with Crippen LogP contribution in [0.3, 0.4) is 0 Å². The smallest absolute Gasteiger partial charge is 0.329 e. The predicted octanol–water partition coefficient (Wildman–Crippen LogP) is 8.70. The molecule has 2 bridgehead atoms. The van der Waals surface area contributed by atoms with Gasteiger partial charge in [0.15, 0.2) is 5.78 Å². The highest BCUT2D eigenvalue weighted by atomic mass is 16.6. The predicted molar refractivity (Wildman–Crippen MR) is 280 cm³/mol. The third-order valence-electron chi connectivity index (χ3n) is 16.9. The second-order valence-corrected chi connectivity index (χ2v) is 22.8. The lowest BCUT2D eigenvalue weighted by molar-refractivity contribution is -0.265. The van der Waals surface area contributed by atoms with Crippen LogP contribution in [0.1, 0.15) is 164 Å². The van der Waals surface area contributed by atoms with E-state index in [1.54, 1.807) is 41.1 Å². The Morgan fingerprint density at radius 2 is 1.51 bits per heavy atom. The molecule has 2 N–H and O–H groups in total. The summed E-state index contributed by atoms with van der Waals surface area (Å²) in [5, 5.41) is 23.6. The van der Waals surface area contributed by atoms with Crippen LogP contribution in [-0.2, 0) is 57.2 Å². The Labute approximate surface area is 441 Å². The van der Waals surface area contributed by atoms with E-state index in [1.807, 2.05) is 58.1 Å². The molecule has 15 unspecified atom stereocenters. The van der Waals surface area contributed by atoms with Gasteiger partial charge in [-0.15, -0.1) is 0 Å². The molecule has 2 saturated heterocycles. The zero-order valence-corrected chi connectivity index (χ0v) is 46.3. The molecule has 5 aliphatic rings. The minimum atomic E-state index is -2.44. The Bertz CT molecular complexity index is 2020. The Morgan fingerprint density at radius 3 is 2.20 bits per heavy atom. The normalized spacial score (nSPS) is 38.4. The van der Waals surface area contributed by atoms with Gasteiger partial charge in [-0.3, -0.25) is 24.0 Å². The number of rotatable bonds is 9. The highest BCUT2D eigenvalue weighted by molar-refractivity contribution is 6.39. The van der Waals surface area contributed by atoms with Crippen molar-refractivity contribution in [2.75, 3.05) is 27.9 Å². The minimum absolute atomic E-state index is 0.0107. The number of aliphatic hydroxyl groups is 2. The molecule has 3 heterocycles. The summed E-state index contributed by atoms with van der Waals surface area (Å²) < 4.78 is 36.0. The molecular weight excluding hydrogens is 947 g/mol. The summed E-state index contributed by atoms with van der Waals surface area (Å²) in [4.78, 5) is 85.7. The van der Waals surface area contributed by atoms with Crippen LogP contribution < -0.4 is 0 Å². The summed E-state index contributed by atoms with van der Waals surface area (Å²) in [6.45, 7) is 12.8. The van der Waals surface area contributed by atoms with Gasteiger partial charge in [0.25, 0.3) is 11.7 Å². The number of hydrogen-bond donors (Lipinski definition) is 2. The Kier molecular flexibility index (Phi) is 23.9. The van der Waals surface area contributed by atoms with Gasteiger partial charge in [-0.2, -0.15) is 0 Å². The first kappa shape index (κ1) is 61.0. The van der Waals surface area contributed by atoms with E-state index >= 15 is 0 Å². The molecule has 5 rings (SSSR count). The first-order valence-electron chi connectivity index (χ1n) is 27.9. The number of allylic oxidation sites excluding steroid dienone is 6. The van der Waals surface area contributed by atoms with Crippen LogP contribution in [0, 0.1) is 41.4 Å². The van der Waals surface area contributed by atoms with Crippen molar-refractivity contribution in [3.8, 4) is 0 Å². The quantitative estimate of drug-likeness (QED) is 0.126. The monoisotopic (exact) mass is 1040 g/mol. The summed E-state index contributed by atoms with van der Waals surface area (Å²) in [6, 6.07) is -1.16. The number of Topliss-reactive ketones (excluding diaryl/α,β-unsaturated/α-hetero) is 3. The van der Waals surface area contributed by atoms with Crippen LogP contribution in [0.2, 0.25) is 0 Å². The van der Waals surface area contributed by atoms with Crippen LogP contribution in [0.5, 0.6) is 0 Å². The van der Waals surface area contributed by atoms with Gasteiger partial charge in [-0.25, -0.2) is 4.79 Å². The van der Waals surface area contributed by atoms with Gasteiger partial charge in [-0.05, 0) is 126 Å². The van der Waals surface area contributed by atoms with Gasteiger partial charge >= 0.3 is 11.9 Å². The second-order valence-electron chi connectivity index (χ2n) is 22.8. The number of methoxy groups -OCH3 is 3. The molecule has 0 aromatic heterocycles. The zero-order valence-electron chi connectivity index (χ0n) is 46.3.